The number of nitrogens with zero attached hydrogens (tertiary/aromatic N) is 5. The quantitative estimate of drug-likeness (QED) is 0.542. The van der Waals surface area contributed by atoms with E-state index in [2.05, 4.69) is 28.7 Å². The normalized spacial score (nSPS) is 14.0. The summed E-state index contributed by atoms with van der Waals surface area (Å²) in [5.41, 5.74) is 2.33. The van der Waals surface area contributed by atoms with Crippen molar-refractivity contribution in [2.45, 2.75) is 26.7 Å². The van der Waals surface area contributed by atoms with Crippen LogP contribution in [0, 0.1) is 6.92 Å². The summed E-state index contributed by atoms with van der Waals surface area (Å²) >= 11 is 1.45. The van der Waals surface area contributed by atoms with E-state index in [-0.39, 0.29) is 11.8 Å². The molecule has 1 saturated heterocycles. The highest BCUT2D eigenvalue weighted by Gasteiger charge is 2.25. The van der Waals surface area contributed by atoms with Gasteiger partial charge in [0.25, 0.3) is 5.91 Å². The molecule has 0 aliphatic carbocycles. The molecule has 2 aromatic heterocycles. The number of aryl methyl sites for hydroxylation is 1. The number of amides is 1. The number of methoxy groups -OCH3 is 2. The molecule has 0 atom stereocenters. The lowest BCUT2D eigenvalue weighted by atomic mass is 10.2. The van der Waals surface area contributed by atoms with Gasteiger partial charge in [-0.15, -0.1) is 11.3 Å². The van der Waals surface area contributed by atoms with Crippen LogP contribution in [0.5, 0.6) is 11.5 Å². The van der Waals surface area contributed by atoms with Crippen LogP contribution >= 0.6 is 11.3 Å². The van der Waals surface area contributed by atoms with E-state index in [1.807, 2.05) is 41.5 Å². The molecule has 0 radical (unpaired) electrons. The van der Waals surface area contributed by atoms with Crippen LogP contribution in [0.1, 0.15) is 41.8 Å². The molecule has 1 aliphatic rings. The lowest BCUT2D eigenvalue weighted by molar-refractivity contribution is 0.0741. The molecule has 33 heavy (non-hydrogen) atoms. The van der Waals surface area contributed by atoms with Gasteiger partial charge in [-0.1, -0.05) is 13.8 Å². The van der Waals surface area contributed by atoms with Gasteiger partial charge < -0.3 is 19.3 Å². The monoisotopic (exact) mass is 467 g/mol. The molecule has 9 heteroatoms. The summed E-state index contributed by atoms with van der Waals surface area (Å²) in [7, 11) is 3.21. The molecule has 1 aliphatic heterocycles. The van der Waals surface area contributed by atoms with Crippen molar-refractivity contribution < 1.29 is 14.3 Å². The van der Waals surface area contributed by atoms with E-state index in [1.165, 1.54) is 11.3 Å². The molecule has 174 valence electrons. The van der Waals surface area contributed by atoms with Crippen LogP contribution in [0.25, 0.3) is 10.6 Å². The predicted molar refractivity (Wildman–Crippen MR) is 130 cm³/mol. The van der Waals surface area contributed by atoms with E-state index < -0.39 is 0 Å². The van der Waals surface area contributed by atoms with Crippen molar-refractivity contribution in [3.63, 3.8) is 0 Å². The van der Waals surface area contributed by atoms with Crippen molar-refractivity contribution in [2.75, 3.05) is 45.3 Å². The first kappa shape index (κ1) is 23.0. The summed E-state index contributed by atoms with van der Waals surface area (Å²) in [5.74, 6) is 3.31. The maximum absolute atomic E-state index is 13.1. The Bertz CT molecular complexity index is 1140. The number of benzene rings is 1. The van der Waals surface area contributed by atoms with Crippen LogP contribution in [0.2, 0.25) is 0 Å². The fourth-order valence-corrected chi connectivity index (χ4v) is 4.56. The Kier molecular flexibility index (Phi) is 6.78. The molecule has 0 N–H and O–H groups in total. The zero-order chi connectivity index (χ0) is 23.5. The van der Waals surface area contributed by atoms with E-state index in [0.717, 1.165) is 41.0 Å². The second-order valence-electron chi connectivity index (χ2n) is 8.27. The first-order valence-electron chi connectivity index (χ1n) is 11.0. The second kappa shape index (κ2) is 9.74. The SMILES string of the molecule is COc1ccc(-c2nc(C(=O)N3CCN(c4cc(C)nc(C(C)C)n4)CC3)cs2)cc1OC. The van der Waals surface area contributed by atoms with Gasteiger partial charge in [0.15, 0.2) is 11.5 Å². The summed E-state index contributed by atoms with van der Waals surface area (Å²) in [6, 6.07) is 7.65. The molecule has 3 aromatic rings. The van der Waals surface area contributed by atoms with Gasteiger partial charge in [0.05, 0.1) is 14.2 Å². The molecular weight excluding hydrogens is 438 g/mol. The number of hydrogen-bond donors (Lipinski definition) is 0. The zero-order valence-electron chi connectivity index (χ0n) is 19.7. The third kappa shape index (κ3) is 4.93. The first-order chi connectivity index (χ1) is 15.9. The molecular formula is C24H29N5O3S. The van der Waals surface area contributed by atoms with Gasteiger partial charge in [0.2, 0.25) is 0 Å². The third-order valence-electron chi connectivity index (χ3n) is 5.62. The van der Waals surface area contributed by atoms with Crippen LogP contribution in [-0.2, 0) is 0 Å². The molecule has 1 amide bonds. The standard InChI is InChI=1S/C24H29N5O3S/c1-15(2)22-25-16(3)12-21(27-22)28-8-10-29(11-9-28)24(30)18-14-33-23(26-18)17-6-7-19(31-4)20(13-17)32-5/h6-7,12-15H,8-11H2,1-5H3. The number of hydrogen-bond acceptors (Lipinski definition) is 8. The highest BCUT2D eigenvalue weighted by molar-refractivity contribution is 7.13. The fourth-order valence-electron chi connectivity index (χ4n) is 3.77. The largest absolute Gasteiger partial charge is 0.493 e. The number of ether oxygens (including phenoxy) is 2. The molecule has 4 rings (SSSR count). The summed E-state index contributed by atoms with van der Waals surface area (Å²) in [6.45, 7) is 8.90. The fraction of sp³-hybridized carbons (Fsp3) is 0.417. The van der Waals surface area contributed by atoms with E-state index >= 15 is 0 Å². The summed E-state index contributed by atoms with van der Waals surface area (Å²) in [5, 5.41) is 2.60. The van der Waals surface area contributed by atoms with Crippen molar-refractivity contribution >= 4 is 23.1 Å². The molecule has 0 saturated carbocycles. The Morgan fingerprint density at radius 2 is 1.73 bits per heavy atom. The molecule has 1 aromatic carbocycles. The average molecular weight is 468 g/mol. The third-order valence-corrected chi connectivity index (χ3v) is 6.51. The van der Waals surface area contributed by atoms with Gasteiger partial charge in [-0.05, 0) is 25.1 Å². The van der Waals surface area contributed by atoms with Gasteiger partial charge >= 0.3 is 0 Å². The van der Waals surface area contributed by atoms with E-state index in [4.69, 9.17) is 14.5 Å². The van der Waals surface area contributed by atoms with Crippen LogP contribution < -0.4 is 14.4 Å². The Labute approximate surface area is 198 Å². The second-order valence-corrected chi connectivity index (χ2v) is 9.13. The Hall–Kier alpha value is -3.20. The molecule has 0 spiro atoms. The van der Waals surface area contributed by atoms with Gasteiger partial charge in [-0.3, -0.25) is 4.79 Å². The lowest BCUT2D eigenvalue weighted by Gasteiger charge is -2.35. The lowest BCUT2D eigenvalue weighted by Crippen LogP contribution is -2.49. The number of piperazine rings is 1. The van der Waals surface area contributed by atoms with Gasteiger partial charge in [0.1, 0.15) is 22.3 Å². The maximum Gasteiger partial charge on any atom is 0.273 e. The maximum atomic E-state index is 13.1. The van der Waals surface area contributed by atoms with Crippen LogP contribution in [-0.4, -0.2) is 66.2 Å². The van der Waals surface area contributed by atoms with E-state index in [9.17, 15) is 4.79 Å². The van der Waals surface area contributed by atoms with Crippen molar-refractivity contribution in [2.24, 2.45) is 0 Å². The molecule has 0 unspecified atom stereocenters. The number of thiazole rings is 1. The Morgan fingerprint density at radius 3 is 2.39 bits per heavy atom. The van der Waals surface area contributed by atoms with Crippen LogP contribution in [0.4, 0.5) is 5.82 Å². The predicted octanol–water partition coefficient (Wildman–Crippen LogP) is 4.01. The molecule has 0 bridgehead atoms. The molecule has 1 fully saturated rings. The minimum absolute atomic E-state index is 0.0423. The first-order valence-corrected chi connectivity index (χ1v) is 11.8. The van der Waals surface area contributed by atoms with E-state index in [1.54, 1.807) is 14.2 Å². The highest BCUT2D eigenvalue weighted by Crippen LogP contribution is 2.33. The van der Waals surface area contributed by atoms with Gasteiger partial charge in [-0.25, -0.2) is 15.0 Å². The minimum Gasteiger partial charge on any atom is -0.493 e. The summed E-state index contributed by atoms with van der Waals surface area (Å²) in [4.78, 5) is 31.0. The van der Waals surface area contributed by atoms with Crippen LogP contribution in [0.3, 0.4) is 0 Å². The summed E-state index contributed by atoms with van der Waals surface area (Å²) in [6.07, 6.45) is 0. The highest BCUT2D eigenvalue weighted by atomic mass is 32.1. The topological polar surface area (TPSA) is 80.7 Å². The van der Waals surface area contributed by atoms with Crippen LogP contribution in [0.15, 0.2) is 29.6 Å². The molecule has 3 heterocycles. The van der Waals surface area contributed by atoms with E-state index in [0.29, 0.717) is 30.3 Å². The summed E-state index contributed by atoms with van der Waals surface area (Å²) < 4.78 is 10.7. The number of carbonyl (C=O) groups excluding carboxylic acids is 1. The number of carbonyl (C=O) groups is 1. The Morgan fingerprint density at radius 1 is 1.00 bits per heavy atom. The zero-order valence-corrected chi connectivity index (χ0v) is 20.5. The molecule has 8 nitrogen and oxygen atoms in total. The van der Waals surface area contributed by atoms with Gasteiger partial charge in [-0.2, -0.15) is 0 Å². The van der Waals surface area contributed by atoms with Crippen molar-refractivity contribution in [3.05, 3.63) is 46.9 Å². The smallest absolute Gasteiger partial charge is 0.273 e. The average Bonchev–Trinajstić information content (AvgIpc) is 3.33. The minimum atomic E-state index is -0.0423. The number of aromatic nitrogens is 3. The number of anilines is 1. The Balaban J connectivity index is 1.43. The van der Waals surface area contributed by atoms with Crippen molar-refractivity contribution in [1.82, 2.24) is 19.9 Å². The number of rotatable bonds is 6. The van der Waals surface area contributed by atoms with Crippen molar-refractivity contribution in [1.29, 1.82) is 0 Å². The van der Waals surface area contributed by atoms with Gasteiger partial charge in [0, 0.05) is 54.8 Å². The van der Waals surface area contributed by atoms with Crippen molar-refractivity contribution in [3.8, 4) is 22.1 Å².